The van der Waals surface area contributed by atoms with Crippen LogP contribution in [0.3, 0.4) is 0 Å². The van der Waals surface area contributed by atoms with Gasteiger partial charge in [0, 0.05) is 0 Å². The Morgan fingerprint density at radius 3 is 2.53 bits per heavy atom. The Balaban J connectivity index is 1.92. The Bertz CT molecular complexity index is 469. The predicted molar refractivity (Wildman–Crippen MR) is 70.2 cm³/mol. The van der Waals surface area contributed by atoms with Gasteiger partial charge in [-0.15, -0.1) is 0 Å². The van der Waals surface area contributed by atoms with Crippen molar-refractivity contribution in [3.63, 3.8) is 0 Å². The summed E-state index contributed by atoms with van der Waals surface area (Å²) in [5, 5.41) is 2.70. The monoisotopic (exact) mass is 262 g/mol. The first-order valence-corrected chi connectivity index (χ1v) is 6.27. The molecule has 0 saturated heterocycles. The van der Waals surface area contributed by atoms with Crippen LogP contribution in [0.2, 0.25) is 0 Å². The lowest BCUT2D eigenvalue weighted by atomic mass is 10.1. The highest BCUT2D eigenvalue weighted by molar-refractivity contribution is 5.92. The van der Waals surface area contributed by atoms with Crippen LogP contribution in [0.1, 0.15) is 18.4 Å². The second-order valence-corrected chi connectivity index (χ2v) is 4.86. The number of ether oxygens (including phenoxy) is 1. The molecule has 1 amide bonds. The van der Waals surface area contributed by atoms with E-state index in [2.05, 4.69) is 10.1 Å². The third kappa shape index (κ3) is 3.12. The molecule has 0 heterocycles. The molecule has 2 rings (SSSR count). The lowest BCUT2D eigenvalue weighted by Gasteiger charge is -2.18. The first kappa shape index (κ1) is 13.5. The summed E-state index contributed by atoms with van der Waals surface area (Å²) in [6, 6.07) is 8.88. The molecular formula is C14H18N2O3. The van der Waals surface area contributed by atoms with Crippen molar-refractivity contribution in [2.24, 2.45) is 5.73 Å². The van der Waals surface area contributed by atoms with E-state index >= 15 is 0 Å². The summed E-state index contributed by atoms with van der Waals surface area (Å²) in [5.41, 5.74) is 6.02. The van der Waals surface area contributed by atoms with Gasteiger partial charge in [-0.3, -0.25) is 4.79 Å². The minimum Gasteiger partial charge on any atom is -0.467 e. The molecule has 0 bridgehead atoms. The Kier molecular flexibility index (Phi) is 3.85. The molecule has 0 aromatic heterocycles. The van der Waals surface area contributed by atoms with E-state index < -0.39 is 17.6 Å². The first-order valence-electron chi connectivity index (χ1n) is 6.27. The van der Waals surface area contributed by atoms with E-state index in [0.717, 1.165) is 5.56 Å². The molecule has 5 nitrogen and oxygen atoms in total. The lowest BCUT2D eigenvalue weighted by Crippen LogP contribution is -2.51. The van der Waals surface area contributed by atoms with Crippen molar-refractivity contribution in [1.82, 2.24) is 5.32 Å². The second kappa shape index (κ2) is 5.40. The van der Waals surface area contributed by atoms with E-state index in [1.807, 2.05) is 30.3 Å². The van der Waals surface area contributed by atoms with Crippen LogP contribution in [0, 0.1) is 0 Å². The number of esters is 1. The highest BCUT2D eigenvalue weighted by atomic mass is 16.5. The quantitative estimate of drug-likeness (QED) is 0.752. The number of benzene rings is 1. The molecule has 1 aromatic carbocycles. The molecule has 1 atom stereocenters. The van der Waals surface area contributed by atoms with Crippen LogP contribution in [0.15, 0.2) is 30.3 Å². The molecular weight excluding hydrogens is 244 g/mol. The first-order chi connectivity index (χ1) is 9.07. The molecule has 1 saturated carbocycles. The SMILES string of the molecule is COC(=O)C1(NC(=O)[C@@H](N)Cc2ccccc2)CC1. The summed E-state index contributed by atoms with van der Waals surface area (Å²) in [6.07, 6.45) is 1.68. The molecule has 0 radical (unpaired) electrons. The van der Waals surface area contributed by atoms with E-state index in [1.54, 1.807) is 0 Å². The fraction of sp³-hybridized carbons (Fsp3) is 0.429. The Morgan fingerprint density at radius 1 is 1.37 bits per heavy atom. The van der Waals surface area contributed by atoms with Crippen LogP contribution in [0.25, 0.3) is 0 Å². The van der Waals surface area contributed by atoms with Gasteiger partial charge in [0.2, 0.25) is 5.91 Å². The summed E-state index contributed by atoms with van der Waals surface area (Å²) in [5.74, 6) is -0.709. The maximum Gasteiger partial charge on any atom is 0.331 e. The maximum atomic E-state index is 12.0. The highest BCUT2D eigenvalue weighted by Gasteiger charge is 2.52. The average Bonchev–Trinajstić information content (AvgIpc) is 3.19. The van der Waals surface area contributed by atoms with E-state index in [0.29, 0.717) is 19.3 Å². The number of hydrogen-bond donors (Lipinski definition) is 2. The molecule has 1 fully saturated rings. The van der Waals surface area contributed by atoms with Crippen LogP contribution < -0.4 is 11.1 Å². The maximum absolute atomic E-state index is 12.0. The number of amides is 1. The zero-order valence-corrected chi connectivity index (χ0v) is 10.9. The van der Waals surface area contributed by atoms with Crippen molar-refractivity contribution in [2.75, 3.05) is 7.11 Å². The number of nitrogens with two attached hydrogens (primary N) is 1. The van der Waals surface area contributed by atoms with Gasteiger partial charge in [0.25, 0.3) is 0 Å². The molecule has 0 spiro atoms. The molecule has 1 aliphatic rings. The van der Waals surface area contributed by atoms with Gasteiger partial charge < -0.3 is 15.8 Å². The van der Waals surface area contributed by atoms with Crippen LogP contribution >= 0.6 is 0 Å². The second-order valence-electron chi connectivity index (χ2n) is 4.86. The summed E-state index contributed by atoms with van der Waals surface area (Å²) in [4.78, 5) is 23.5. The van der Waals surface area contributed by atoms with Gasteiger partial charge in [0.15, 0.2) is 0 Å². The Labute approximate surface area is 112 Å². The van der Waals surface area contributed by atoms with Crippen molar-refractivity contribution in [2.45, 2.75) is 30.8 Å². The number of hydrogen-bond acceptors (Lipinski definition) is 4. The van der Waals surface area contributed by atoms with Crippen LogP contribution in [0.5, 0.6) is 0 Å². The van der Waals surface area contributed by atoms with Gasteiger partial charge in [-0.1, -0.05) is 30.3 Å². The Morgan fingerprint density at radius 2 is 2.00 bits per heavy atom. The largest absolute Gasteiger partial charge is 0.467 e. The van der Waals surface area contributed by atoms with E-state index in [-0.39, 0.29) is 5.91 Å². The molecule has 102 valence electrons. The number of rotatable bonds is 5. The van der Waals surface area contributed by atoms with Gasteiger partial charge in [0.05, 0.1) is 13.2 Å². The molecule has 0 unspecified atom stereocenters. The topological polar surface area (TPSA) is 81.4 Å². The summed E-state index contributed by atoms with van der Waals surface area (Å²) >= 11 is 0. The van der Waals surface area contributed by atoms with E-state index in [9.17, 15) is 9.59 Å². The van der Waals surface area contributed by atoms with Crippen molar-refractivity contribution in [1.29, 1.82) is 0 Å². The summed E-state index contributed by atoms with van der Waals surface area (Å²) in [7, 11) is 1.32. The third-order valence-electron chi connectivity index (χ3n) is 3.32. The summed E-state index contributed by atoms with van der Waals surface area (Å²) < 4.78 is 4.68. The zero-order chi connectivity index (χ0) is 13.9. The fourth-order valence-corrected chi connectivity index (χ4v) is 1.99. The van der Waals surface area contributed by atoms with Crippen molar-refractivity contribution < 1.29 is 14.3 Å². The van der Waals surface area contributed by atoms with Gasteiger partial charge in [-0.05, 0) is 24.8 Å². The molecule has 0 aliphatic heterocycles. The zero-order valence-electron chi connectivity index (χ0n) is 10.9. The lowest BCUT2D eigenvalue weighted by molar-refractivity contribution is -0.146. The molecule has 5 heteroatoms. The van der Waals surface area contributed by atoms with Crippen LogP contribution in [-0.4, -0.2) is 30.6 Å². The average molecular weight is 262 g/mol. The third-order valence-corrected chi connectivity index (χ3v) is 3.32. The van der Waals surface area contributed by atoms with Gasteiger partial charge in [-0.2, -0.15) is 0 Å². The van der Waals surface area contributed by atoms with Crippen molar-refractivity contribution >= 4 is 11.9 Å². The van der Waals surface area contributed by atoms with Crippen molar-refractivity contribution in [3.05, 3.63) is 35.9 Å². The van der Waals surface area contributed by atoms with Crippen LogP contribution in [-0.2, 0) is 20.7 Å². The predicted octanol–water partition coefficient (Wildman–Crippen LogP) is 0.378. The minimum absolute atomic E-state index is 0.313. The summed E-state index contributed by atoms with van der Waals surface area (Å²) in [6.45, 7) is 0. The number of carbonyl (C=O) groups excluding carboxylic acids is 2. The molecule has 1 aliphatic carbocycles. The smallest absolute Gasteiger partial charge is 0.331 e. The number of nitrogens with one attached hydrogen (secondary N) is 1. The fourth-order valence-electron chi connectivity index (χ4n) is 1.99. The number of methoxy groups -OCH3 is 1. The number of carbonyl (C=O) groups is 2. The van der Waals surface area contributed by atoms with E-state index in [4.69, 9.17) is 5.73 Å². The molecule has 1 aromatic rings. The molecule has 19 heavy (non-hydrogen) atoms. The Hall–Kier alpha value is -1.88. The highest BCUT2D eigenvalue weighted by Crippen LogP contribution is 2.36. The standard InChI is InChI=1S/C14H18N2O3/c1-19-13(18)14(7-8-14)16-12(17)11(15)9-10-5-3-2-4-6-10/h2-6,11H,7-9,15H2,1H3,(H,16,17)/t11-/m0/s1. The minimum atomic E-state index is -0.833. The normalized spacial score (nSPS) is 17.4. The van der Waals surface area contributed by atoms with E-state index in [1.165, 1.54) is 7.11 Å². The van der Waals surface area contributed by atoms with Gasteiger partial charge >= 0.3 is 5.97 Å². The van der Waals surface area contributed by atoms with Gasteiger partial charge in [-0.25, -0.2) is 4.79 Å². The molecule has 3 N–H and O–H groups in total. The van der Waals surface area contributed by atoms with Gasteiger partial charge in [0.1, 0.15) is 5.54 Å². The van der Waals surface area contributed by atoms with Crippen molar-refractivity contribution in [3.8, 4) is 0 Å². The van der Waals surface area contributed by atoms with Crippen LogP contribution in [0.4, 0.5) is 0 Å².